The Labute approximate surface area is 130 Å². The molecular formula is C13H17N5O5. The second kappa shape index (κ2) is 6.46. The predicted molar refractivity (Wildman–Crippen MR) is 80.1 cm³/mol. The molecule has 2 rings (SSSR count). The van der Waals surface area contributed by atoms with Crippen LogP contribution >= 0.6 is 0 Å². The molecule has 0 fully saturated rings. The van der Waals surface area contributed by atoms with Crippen molar-refractivity contribution in [1.82, 2.24) is 24.0 Å². The summed E-state index contributed by atoms with van der Waals surface area (Å²) >= 11 is 0. The van der Waals surface area contributed by atoms with E-state index in [2.05, 4.69) is 10.3 Å². The van der Waals surface area contributed by atoms with Crippen LogP contribution in [0.4, 0.5) is 0 Å². The third-order valence-electron chi connectivity index (χ3n) is 3.39. The van der Waals surface area contributed by atoms with Crippen molar-refractivity contribution >= 4 is 23.0 Å². The summed E-state index contributed by atoms with van der Waals surface area (Å²) in [5, 5.41) is 11.0. The Morgan fingerprint density at radius 1 is 1.30 bits per heavy atom. The molecule has 10 heteroatoms. The van der Waals surface area contributed by atoms with E-state index in [1.807, 2.05) is 0 Å². The first-order valence-corrected chi connectivity index (χ1v) is 6.92. The number of rotatable bonds is 6. The zero-order valence-electron chi connectivity index (χ0n) is 12.8. The van der Waals surface area contributed by atoms with Gasteiger partial charge in [0, 0.05) is 27.1 Å². The Hall–Kier alpha value is -2.91. The fraction of sp³-hybridized carbons (Fsp3) is 0.462. The van der Waals surface area contributed by atoms with E-state index in [1.54, 1.807) is 7.05 Å². The van der Waals surface area contributed by atoms with E-state index in [1.165, 1.54) is 22.5 Å². The molecule has 0 radical (unpaired) electrons. The van der Waals surface area contributed by atoms with Gasteiger partial charge < -0.3 is 15.0 Å². The molecule has 0 aliphatic rings. The zero-order valence-corrected chi connectivity index (χ0v) is 12.8. The lowest BCUT2D eigenvalue weighted by molar-refractivity contribution is -0.137. The number of nitrogens with zero attached hydrogens (tertiary/aromatic N) is 4. The van der Waals surface area contributed by atoms with Crippen LogP contribution < -0.4 is 16.6 Å². The number of hydrogen-bond donors (Lipinski definition) is 2. The summed E-state index contributed by atoms with van der Waals surface area (Å²) in [6, 6.07) is 0. The number of nitrogens with one attached hydrogen (secondary N) is 1. The van der Waals surface area contributed by atoms with Gasteiger partial charge in [-0.05, 0) is 6.42 Å². The summed E-state index contributed by atoms with van der Waals surface area (Å²) in [5.41, 5.74) is -0.753. The minimum absolute atomic E-state index is 0.0665. The minimum Gasteiger partial charge on any atom is -0.481 e. The van der Waals surface area contributed by atoms with Gasteiger partial charge in [-0.25, -0.2) is 14.3 Å². The standard InChI is InChI=1S/C13H17N5O5/c1-16-7-15-11-10(16)12(22)18(13(23)17(11)2)6-8(19)14-5-3-4-9(20)21/h7H,3-6H2,1-2H3,(H,14,19)(H,20,21). The average Bonchev–Trinajstić information content (AvgIpc) is 2.88. The van der Waals surface area contributed by atoms with Crippen molar-refractivity contribution in [2.45, 2.75) is 19.4 Å². The largest absolute Gasteiger partial charge is 0.481 e. The van der Waals surface area contributed by atoms with E-state index in [-0.39, 0.29) is 30.6 Å². The Morgan fingerprint density at radius 3 is 2.65 bits per heavy atom. The quantitative estimate of drug-likeness (QED) is 0.617. The summed E-state index contributed by atoms with van der Waals surface area (Å²) in [7, 11) is 3.09. The molecule has 0 spiro atoms. The molecule has 10 nitrogen and oxygen atoms in total. The van der Waals surface area contributed by atoms with Crippen molar-refractivity contribution in [2.24, 2.45) is 14.1 Å². The minimum atomic E-state index is -0.953. The van der Waals surface area contributed by atoms with Crippen molar-refractivity contribution in [3.05, 3.63) is 27.2 Å². The number of amides is 1. The lowest BCUT2D eigenvalue weighted by Gasteiger charge is -2.09. The molecule has 0 aliphatic heterocycles. The van der Waals surface area contributed by atoms with Crippen LogP contribution in [0.5, 0.6) is 0 Å². The molecule has 124 valence electrons. The van der Waals surface area contributed by atoms with Gasteiger partial charge in [-0.1, -0.05) is 0 Å². The second-order valence-electron chi connectivity index (χ2n) is 5.11. The van der Waals surface area contributed by atoms with E-state index in [9.17, 15) is 19.2 Å². The van der Waals surface area contributed by atoms with E-state index in [0.717, 1.165) is 4.57 Å². The first-order chi connectivity index (χ1) is 10.8. The van der Waals surface area contributed by atoms with Crippen LogP contribution in [0, 0.1) is 0 Å². The van der Waals surface area contributed by atoms with Crippen LogP contribution in [0.1, 0.15) is 12.8 Å². The number of aryl methyl sites for hydroxylation is 2. The number of carboxylic acids is 1. The Bertz CT molecular complexity index is 875. The Balaban J connectivity index is 2.22. The van der Waals surface area contributed by atoms with Gasteiger partial charge in [-0.3, -0.25) is 19.0 Å². The number of carboxylic acid groups (broad SMARTS) is 1. The summed E-state index contributed by atoms with van der Waals surface area (Å²) in [4.78, 5) is 50.8. The van der Waals surface area contributed by atoms with Gasteiger partial charge in [0.2, 0.25) is 5.91 Å². The highest BCUT2D eigenvalue weighted by atomic mass is 16.4. The number of fused-ring (bicyclic) bond motifs is 1. The molecule has 0 aliphatic carbocycles. The summed E-state index contributed by atoms with van der Waals surface area (Å²) in [6.45, 7) is -0.270. The molecule has 0 aromatic carbocycles. The fourth-order valence-electron chi connectivity index (χ4n) is 2.20. The maximum absolute atomic E-state index is 12.4. The highest BCUT2D eigenvalue weighted by Crippen LogP contribution is 2.02. The van der Waals surface area contributed by atoms with Crippen LogP contribution in [-0.2, 0) is 30.2 Å². The van der Waals surface area contributed by atoms with Gasteiger partial charge in [0.25, 0.3) is 5.56 Å². The molecular weight excluding hydrogens is 306 g/mol. The van der Waals surface area contributed by atoms with Gasteiger partial charge in [0.05, 0.1) is 6.33 Å². The van der Waals surface area contributed by atoms with E-state index in [4.69, 9.17) is 5.11 Å². The molecule has 0 bridgehead atoms. The van der Waals surface area contributed by atoms with Gasteiger partial charge in [0.1, 0.15) is 6.54 Å². The highest BCUT2D eigenvalue weighted by Gasteiger charge is 2.16. The molecule has 0 saturated heterocycles. The SMILES string of the molecule is Cn1cnc2c1c(=O)n(CC(=O)NCCCC(=O)O)c(=O)n2C. The first-order valence-electron chi connectivity index (χ1n) is 6.92. The predicted octanol–water partition coefficient (Wildman–Crippen LogP) is -1.59. The van der Waals surface area contributed by atoms with Gasteiger partial charge in [-0.15, -0.1) is 0 Å². The monoisotopic (exact) mass is 323 g/mol. The normalized spacial score (nSPS) is 10.9. The molecule has 1 amide bonds. The lowest BCUT2D eigenvalue weighted by Crippen LogP contribution is -2.43. The van der Waals surface area contributed by atoms with Crippen LogP contribution in [0.2, 0.25) is 0 Å². The van der Waals surface area contributed by atoms with E-state index in [0.29, 0.717) is 0 Å². The lowest BCUT2D eigenvalue weighted by atomic mass is 10.3. The molecule has 0 atom stereocenters. The first kappa shape index (κ1) is 16.5. The summed E-state index contributed by atoms with van der Waals surface area (Å²) in [5.74, 6) is -1.48. The van der Waals surface area contributed by atoms with Crippen LogP contribution in [0.3, 0.4) is 0 Å². The highest BCUT2D eigenvalue weighted by molar-refractivity contribution is 5.76. The van der Waals surface area contributed by atoms with Gasteiger partial charge in [0.15, 0.2) is 11.2 Å². The topological polar surface area (TPSA) is 128 Å². The number of imidazole rings is 1. The van der Waals surface area contributed by atoms with Gasteiger partial charge >= 0.3 is 11.7 Å². The maximum atomic E-state index is 12.4. The third kappa shape index (κ3) is 3.30. The van der Waals surface area contributed by atoms with Crippen molar-refractivity contribution in [1.29, 1.82) is 0 Å². The average molecular weight is 323 g/mol. The molecule has 2 aromatic heterocycles. The fourth-order valence-corrected chi connectivity index (χ4v) is 2.20. The Kier molecular flexibility index (Phi) is 4.63. The number of carbonyl (C=O) groups excluding carboxylic acids is 1. The molecule has 2 heterocycles. The Morgan fingerprint density at radius 2 is 2.00 bits per heavy atom. The van der Waals surface area contributed by atoms with Crippen molar-refractivity contribution in [3.8, 4) is 0 Å². The number of aromatic nitrogens is 4. The third-order valence-corrected chi connectivity index (χ3v) is 3.39. The smallest absolute Gasteiger partial charge is 0.332 e. The van der Waals surface area contributed by atoms with E-state index >= 15 is 0 Å². The molecule has 23 heavy (non-hydrogen) atoms. The van der Waals surface area contributed by atoms with Crippen LogP contribution in [0.25, 0.3) is 11.2 Å². The zero-order chi connectivity index (χ0) is 17.1. The van der Waals surface area contributed by atoms with Crippen molar-refractivity contribution < 1.29 is 14.7 Å². The number of hydrogen-bond acceptors (Lipinski definition) is 5. The van der Waals surface area contributed by atoms with Gasteiger partial charge in [-0.2, -0.15) is 0 Å². The van der Waals surface area contributed by atoms with Crippen molar-refractivity contribution in [3.63, 3.8) is 0 Å². The van der Waals surface area contributed by atoms with Crippen molar-refractivity contribution in [2.75, 3.05) is 6.54 Å². The molecule has 2 N–H and O–H groups in total. The summed E-state index contributed by atoms with van der Waals surface area (Å²) < 4.78 is 3.52. The van der Waals surface area contributed by atoms with E-state index < -0.39 is 29.7 Å². The number of carbonyl (C=O) groups is 2. The van der Waals surface area contributed by atoms with Crippen LogP contribution in [0.15, 0.2) is 15.9 Å². The number of aliphatic carboxylic acids is 1. The molecule has 0 unspecified atom stereocenters. The molecule has 2 aromatic rings. The summed E-state index contributed by atoms with van der Waals surface area (Å²) in [6.07, 6.45) is 1.62. The second-order valence-corrected chi connectivity index (χ2v) is 5.11. The van der Waals surface area contributed by atoms with Crippen LogP contribution in [-0.4, -0.2) is 42.2 Å². The maximum Gasteiger partial charge on any atom is 0.332 e. The molecule has 0 saturated carbocycles.